The van der Waals surface area contributed by atoms with Crippen molar-refractivity contribution >= 4 is 34.1 Å². The van der Waals surface area contributed by atoms with Crippen LogP contribution in [0, 0.1) is 0 Å². The van der Waals surface area contributed by atoms with Gasteiger partial charge in [-0.05, 0) is 24.3 Å². The molecule has 0 spiro atoms. The number of carbonyl (C=O) groups is 1. The molecule has 3 aromatic rings. The fraction of sp³-hybridized carbons (Fsp3) is 0.0625. The van der Waals surface area contributed by atoms with E-state index < -0.39 is 17.8 Å². The summed E-state index contributed by atoms with van der Waals surface area (Å²) in [6.45, 7) is 0. The number of amides is 1. The van der Waals surface area contributed by atoms with Gasteiger partial charge in [0.05, 0.1) is 5.56 Å². The summed E-state index contributed by atoms with van der Waals surface area (Å²) in [7, 11) is 0. The van der Waals surface area contributed by atoms with E-state index >= 15 is 0 Å². The molecule has 3 rings (SSSR count). The number of nitrogens with zero attached hydrogens (tertiary/aromatic N) is 2. The van der Waals surface area contributed by atoms with Crippen LogP contribution in [0.3, 0.4) is 0 Å². The van der Waals surface area contributed by atoms with Crippen molar-refractivity contribution in [3.63, 3.8) is 0 Å². The van der Waals surface area contributed by atoms with Gasteiger partial charge >= 0.3 is 6.18 Å². The second kappa shape index (κ2) is 7.24. The van der Waals surface area contributed by atoms with Crippen molar-refractivity contribution in [1.29, 1.82) is 0 Å². The second-order valence-electron chi connectivity index (χ2n) is 4.76. The fourth-order valence-electron chi connectivity index (χ4n) is 1.87. The lowest BCUT2D eigenvalue weighted by molar-refractivity contribution is -0.140. The van der Waals surface area contributed by atoms with E-state index in [4.69, 9.17) is 0 Å². The van der Waals surface area contributed by atoms with Crippen LogP contribution in [0.2, 0.25) is 0 Å². The molecule has 0 aliphatic carbocycles. The Bertz CT molecular complexity index is 882. The van der Waals surface area contributed by atoms with Crippen molar-refractivity contribution in [2.45, 2.75) is 16.1 Å². The fourth-order valence-corrected chi connectivity index (χ4v) is 3.48. The molecule has 2 aromatic heterocycles. The minimum atomic E-state index is -4.54. The van der Waals surface area contributed by atoms with Crippen LogP contribution < -0.4 is 5.32 Å². The number of halogens is 3. The van der Waals surface area contributed by atoms with Gasteiger partial charge in [0.25, 0.3) is 5.91 Å². The highest BCUT2D eigenvalue weighted by Gasteiger charge is 2.34. The van der Waals surface area contributed by atoms with Crippen molar-refractivity contribution in [2.75, 3.05) is 5.32 Å². The quantitative estimate of drug-likeness (QED) is 0.694. The third-order valence-corrected chi connectivity index (χ3v) is 4.77. The van der Waals surface area contributed by atoms with Gasteiger partial charge in [-0.1, -0.05) is 30.0 Å². The summed E-state index contributed by atoms with van der Waals surface area (Å²) >= 11 is 2.01. The lowest BCUT2D eigenvalue weighted by Crippen LogP contribution is -2.14. The van der Waals surface area contributed by atoms with Crippen molar-refractivity contribution < 1.29 is 18.0 Å². The van der Waals surface area contributed by atoms with Gasteiger partial charge in [0.1, 0.15) is 5.03 Å². The summed E-state index contributed by atoms with van der Waals surface area (Å²) in [5.74, 6) is -0.561. The van der Waals surface area contributed by atoms with Gasteiger partial charge in [-0.2, -0.15) is 13.2 Å². The highest BCUT2D eigenvalue weighted by Crippen LogP contribution is 2.32. The highest BCUT2D eigenvalue weighted by atomic mass is 32.2. The zero-order chi connectivity index (χ0) is 17.9. The maximum atomic E-state index is 12.6. The zero-order valence-electron chi connectivity index (χ0n) is 12.4. The minimum Gasteiger partial charge on any atom is -0.298 e. The molecule has 2 heterocycles. The molecule has 0 saturated carbocycles. The number of nitrogens with one attached hydrogen (secondary N) is 1. The third kappa shape index (κ3) is 4.37. The van der Waals surface area contributed by atoms with Crippen molar-refractivity contribution in [2.24, 2.45) is 0 Å². The Morgan fingerprint density at radius 1 is 1.12 bits per heavy atom. The molecule has 1 amide bonds. The molecule has 25 heavy (non-hydrogen) atoms. The van der Waals surface area contributed by atoms with Gasteiger partial charge < -0.3 is 0 Å². The molecule has 0 radical (unpaired) electrons. The predicted octanol–water partition coefficient (Wildman–Crippen LogP) is 4.96. The normalized spacial score (nSPS) is 11.3. The van der Waals surface area contributed by atoms with E-state index in [1.807, 2.05) is 30.3 Å². The number of rotatable bonds is 4. The zero-order valence-corrected chi connectivity index (χ0v) is 14.1. The molecular formula is C16H10F3N3OS2. The third-order valence-electron chi connectivity index (χ3n) is 2.99. The van der Waals surface area contributed by atoms with Crippen LogP contribution >= 0.6 is 23.1 Å². The van der Waals surface area contributed by atoms with Crippen LogP contribution in [0.15, 0.2) is 64.0 Å². The molecule has 4 nitrogen and oxygen atoms in total. The number of hydrogen-bond donors (Lipinski definition) is 1. The molecule has 0 saturated heterocycles. The van der Waals surface area contributed by atoms with Crippen LogP contribution in [0.1, 0.15) is 16.1 Å². The van der Waals surface area contributed by atoms with Crippen LogP contribution in [0.5, 0.6) is 0 Å². The van der Waals surface area contributed by atoms with E-state index in [1.54, 1.807) is 18.3 Å². The van der Waals surface area contributed by atoms with Crippen LogP contribution in [-0.2, 0) is 6.18 Å². The maximum Gasteiger partial charge on any atom is 0.434 e. The highest BCUT2D eigenvalue weighted by molar-refractivity contribution is 7.99. The Morgan fingerprint density at radius 2 is 1.88 bits per heavy atom. The number of aromatic nitrogens is 2. The summed E-state index contributed by atoms with van der Waals surface area (Å²) in [5, 5.41) is 3.59. The Kier molecular flexibility index (Phi) is 5.05. The smallest absolute Gasteiger partial charge is 0.298 e. The Balaban J connectivity index is 1.80. The van der Waals surface area contributed by atoms with E-state index in [0.717, 1.165) is 21.6 Å². The maximum absolute atomic E-state index is 12.6. The van der Waals surface area contributed by atoms with Gasteiger partial charge in [-0.15, -0.1) is 11.3 Å². The lowest BCUT2D eigenvalue weighted by atomic mass is 10.3. The number of hydrogen-bond acceptors (Lipinski definition) is 5. The number of carbonyl (C=O) groups excluding carboxylic acids is 1. The van der Waals surface area contributed by atoms with E-state index in [-0.39, 0.29) is 10.7 Å². The largest absolute Gasteiger partial charge is 0.434 e. The summed E-state index contributed by atoms with van der Waals surface area (Å²) in [5.41, 5.74) is -0.766. The first-order valence-electron chi connectivity index (χ1n) is 6.95. The predicted molar refractivity (Wildman–Crippen MR) is 89.9 cm³/mol. The lowest BCUT2D eigenvalue weighted by Gasteiger charge is -2.07. The molecule has 0 unspecified atom stereocenters. The van der Waals surface area contributed by atoms with Crippen LogP contribution in [0.4, 0.5) is 18.3 Å². The number of pyridine rings is 1. The first-order chi connectivity index (χ1) is 11.9. The second-order valence-corrected chi connectivity index (χ2v) is 6.68. The first kappa shape index (κ1) is 17.4. The molecule has 1 N–H and O–H groups in total. The molecule has 0 aliphatic rings. The number of alkyl halides is 3. The van der Waals surface area contributed by atoms with Crippen molar-refractivity contribution in [1.82, 2.24) is 9.97 Å². The Labute approximate surface area is 149 Å². The molecular weight excluding hydrogens is 371 g/mol. The Hall–Kier alpha value is -2.39. The number of thiazole rings is 1. The van der Waals surface area contributed by atoms with Crippen molar-refractivity contribution in [3.8, 4) is 0 Å². The van der Waals surface area contributed by atoms with E-state index in [9.17, 15) is 18.0 Å². The molecule has 0 aliphatic heterocycles. The molecule has 9 heteroatoms. The van der Waals surface area contributed by atoms with Gasteiger partial charge in [0.15, 0.2) is 10.8 Å². The SMILES string of the molecule is O=C(Nc1nc(C(F)(F)F)cs1)c1cccnc1Sc1ccccc1. The van der Waals surface area contributed by atoms with Gasteiger partial charge in [-0.25, -0.2) is 9.97 Å². The Morgan fingerprint density at radius 3 is 2.56 bits per heavy atom. The molecule has 0 bridgehead atoms. The van der Waals surface area contributed by atoms with Crippen LogP contribution in [-0.4, -0.2) is 15.9 Å². The van der Waals surface area contributed by atoms with Gasteiger partial charge in [0, 0.05) is 16.5 Å². The minimum absolute atomic E-state index is 0.114. The van der Waals surface area contributed by atoms with Crippen LogP contribution in [0.25, 0.3) is 0 Å². The molecule has 0 fully saturated rings. The average molecular weight is 381 g/mol. The molecule has 1 aromatic carbocycles. The number of anilines is 1. The van der Waals surface area contributed by atoms with E-state index in [0.29, 0.717) is 5.03 Å². The summed E-state index contributed by atoms with van der Waals surface area (Å²) in [6, 6.07) is 12.5. The standard InChI is InChI=1S/C16H10F3N3OS2/c17-16(18,19)12-9-24-15(21-12)22-13(23)11-7-4-8-20-14(11)25-10-5-2-1-3-6-10/h1-9H,(H,21,22,23). The molecule has 128 valence electrons. The first-order valence-corrected chi connectivity index (χ1v) is 8.65. The summed E-state index contributed by atoms with van der Waals surface area (Å²) in [4.78, 5) is 20.9. The average Bonchev–Trinajstić information content (AvgIpc) is 3.05. The van der Waals surface area contributed by atoms with Gasteiger partial charge in [0.2, 0.25) is 0 Å². The van der Waals surface area contributed by atoms with Crippen molar-refractivity contribution in [3.05, 3.63) is 65.3 Å². The summed E-state index contributed by atoms with van der Waals surface area (Å²) in [6.07, 6.45) is -2.99. The van der Waals surface area contributed by atoms with E-state index in [2.05, 4.69) is 15.3 Å². The number of benzene rings is 1. The monoisotopic (exact) mass is 381 g/mol. The molecule has 0 atom stereocenters. The van der Waals surface area contributed by atoms with Gasteiger partial charge in [-0.3, -0.25) is 10.1 Å². The summed E-state index contributed by atoms with van der Waals surface area (Å²) < 4.78 is 37.8. The van der Waals surface area contributed by atoms with E-state index in [1.165, 1.54) is 11.8 Å². The topological polar surface area (TPSA) is 54.9 Å².